The average Bonchev–Trinajstić information content (AvgIpc) is 3.23. The van der Waals surface area contributed by atoms with Crippen molar-refractivity contribution in [3.05, 3.63) is 46.3 Å². The highest BCUT2D eigenvalue weighted by Gasteiger charge is 2.53. The van der Waals surface area contributed by atoms with Crippen molar-refractivity contribution < 1.29 is 52.5 Å². The molecule has 4 heterocycles. The predicted molar refractivity (Wildman–Crippen MR) is 221 cm³/mol. The lowest BCUT2D eigenvalue weighted by atomic mass is 9.86. The molecule has 20 atom stereocenters. The van der Waals surface area contributed by atoms with Crippen LogP contribution in [-0.4, -0.2) is 131 Å². The van der Waals surface area contributed by atoms with Gasteiger partial charge in [0.05, 0.1) is 60.9 Å². The second-order valence-electron chi connectivity index (χ2n) is 17.1. The minimum Gasteiger partial charge on any atom is -0.388 e. The largest absolute Gasteiger partial charge is 0.388 e. The third kappa shape index (κ3) is 11.4. The van der Waals surface area contributed by atoms with Crippen molar-refractivity contribution in [3.63, 3.8) is 0 Å². The summed E-state index contributed by atoms with van der Waals surface area (Å²) >= 11 is 0. The third-order valence-electron chi connectivity index (χ3n) is 13.2. The number of likely N-dealkylation sites (N-methyl/N-ethyl adjacent to an activating group) is 1. The summed E-state index contributed by atoms with van der Waals surface area (Å²) < 4.78 is 64.4. The Hall–Kier alpha value is -1.95. The van der Waals surface area contributed by atoms with Gasteiger partial charge in [0.2, 0.25) is 0 Å². The molecule has 1 aromatic carbocycles. The lowest BCUT2D eigenvalue weighted by molar-refractivity contribution is -0.358. The standard InChI is InChI=1S/C44H74N4O11/c1-12-31-36(24(3)33(46-9)43(55-31)52-23-19-15-18-22-30-20-16-14-17-21-30)57-42-27(6)39(51-11)40(29(8)54-42)59-44-34(47-48-45)25(4)37(32(13-2)56-44)58-41-26(5)38(50-10)35(49)28(7)53-41/h14,16-17,20-21,24-29,31-44,46,49H,12-13,15,18-19,22-23H2,1-11H3/t24-,25-,26+,27+,28?,29?,31?,32?,33?,34?,35-,36+,37+,38?,39?,40+,41+,42+,43-,44+/m1/s1. The number of ether oxygens (including phenoxy) is 10. The summed E-state index contributed by atoms with van der Waals surface area (Å²) in [5.41, 5.74) is 11.1. The van der Waals surface area contributed by atoms with Gasteiger partial charge in [0.15, 0.2) is 25.2 Å². The molecule has 15 heteroatoms. The van der Waals surface area contributed by atoms with E-state index in [0.717, 1.165) is 32.1 Å². The molecule has 59 heavy (non-hydrogen) atoms. The number of rotatable bonds is 19. The maximum atomic E-state index is 10.7. The zero-order chi connectivity index (χ0) is 42.8. The highest BCUT2D eigenvalue weighted by atomic mass is 16.8. The van der Waals surface area contributed by atoms with E-state index in [1.54, 1.807) is 21.1 Å². The first kappa shape index (κ1) is 48.1. The molecular weight excluding hydrogens is 761 g/mol. The van der Waals surface area contributed by atoms with Crippen molar-refractivity contribution in [1.82, 2.24) is 5.32 Å². The first-order valence-electron chi connectivity index (χ1n) is 22.1. The van der Waals surface area contributed by atoms with Crippen LogP contribution in [0.4, 0.5) is 0 Å². The van der Waals surface area contributed by atoms with Crippen molar-refractivity contribution in [3.8, 4) is 0 Å². The normalized spacial score (nSPS) is 42.9. The van der Waals surface area contributed by atoms with Crippen molar-refractivity contribution in [2.45, 2.75) is 192 Å². The van der Waals surface area contributed by atoms with Gasteiger partial charge in [0.1, 0.15) is 12.2 Å². The molecule has 0 amide bonds. The molecule has 0 aliphatic carbocycles. The van der Waals surface area contributed by atoms with Gasteiger partial charge in [-0.2, -0.15) is 0 Å². The van der Waals surface area contributed by atoms with E-state index in [0.29, 0.717) is 13.0 Å². The molecule has 5 rings (SSSR count). The van der Waals surface area contributed by atoms with Crippen molar-refractivity contribution >= 4 is 0 Å². The quantitative estimate of drug-likeness (QED) is 0.0669. The van der Waals surface area contributed by atoms with Crippen LogP contribution in [0.15, 0.2) is 35.4 Å². The number of unbranched alkanes of at least 4 members (excludes halogenated alkanes) is 2. The van der Waals surface area contributed by atoms with E-state index in [9.17, 15) is 10.6 Å². The lowest BCUT2D eigenvalue weighted by Gasteiger charge is -2.51. The summed E-state index contributed by atoms with van der Waals surface area (Å²) in [5, 5.41) is 18.3. The van der Waals surface area contributed by atoms with Crippen molar-refractivity contribution in [1.29, 1.82) is 0 Å². The van der Waals surface area contributed by atoms with E-state index in [1.165, 1.54) is 5.56 Å². The molecule has 4 aliphatic heterocycles. The molecule has 4 aliphatic rings. The average molecular weight is 835 g/mol. The van der Waals surface area contributed by atoms with Crippen LogP contribution in [0.2, 0.25) is 0 Å². The molecular formula is C44H74N4O11. The van der Waals surface area contributed by atoms with Crippen molar-refractivity contribution in [2.24, 2.45) is 28.8 Å². The Morgan fingerprint density at radius 2 is 1.25 bits per heavy atom. The van der Waals surface area contributed by atoms with Crippen molar-refractivity contribution in [2.75, 3.05) is 27.9 Å². The van der Waals surface area contributed by atoms with E-state index in [1.807, 2.05) is 41.7 Å². The molecule has 15 nitrogen and oxygen atoms in total. The fraction of sp³-hybridized carbons (Fsp3) is 0.864. The molecule has 4 saturated heterocycles. The Bertz CT molecular complexity index is 1430. The van der Waals surface area contributed by atoms with Gasteiger partial charge in [-0.3, -0.25) is 0 Å². The number of azide groups is 1. The van der Waals surface area contributed by atoms with Gasteiger partial charge in [-0.05, 0) is 70.0 Å². The predicted octanol–water partition coefficient (Wildman–Crippen LogP) is 6.53. The number of nitrogens with zero attached hydrogens (tertiary/aromatic N) is 3. The van der Waals surface area contributed by atoms with Gasteiger partial charge in [0.25, 0.3) is 0 Å². The second kappa shape index (κ2) is 22.9. The molecule has 0 bridgehead atoms. The van der Waals surface area contributed by atoms with Gasteiger partial charge in [-0.1, -0.05) is 83.4 Å². The summed E-state index contributed by atoms with van der Waals surface area (Å²) in [6, 6.07) is 9.79. The van der Waals surface area contributed by atoms with Crippen LogP contribution in [-0.2, 0) is 53.8 Å². The Labute approximate surface area is 352 Å². The molecule has 2 N–H and O–H groups in total. The first-order valence-corrected chi connectivity index (χ1v) is 22.1. The Kier molecular flexibility index (Phi) is 18.7. The number of methoxy groups -OCH3 is 2. The summed E-state index contributed by atoms with van der Waals surface area (Å²) in [6.45, 7) is 16.6. The molecule has 0 spiro atoms. The van der Waals surface area contributed by atoms with E-state index >= 15 is 0 Å². The van der Waals surface area contributed by atoms with Crippen LogP contribution in [0.1, 0.15) is 93.1 Å². The number of benzene rings is 1. The fourth-order valence-electron chi connectivity index (χ4n) is 9.59. The molecule has 4 fully saturated rings. The number of nitrogens with one attached hydrogen (secondary N) is 1. The van der Waals surface area contributed by atoms with Crippen LogP contribution >= 0.6 is 0 Å². The van der Waals surface area contributed by atoms with Crippen LogP contribution in [0.25, 0.3) is 10.4 Å². The smallest absolute Gasteiger partial charge is 0.173 e. The maximum absolute atomic E-state index is 10.7. The Balaban J connectivity index is 1.20. The highest BCUT2D eigenvalue weighted by molar-refractivity contribution is 5.14. The number of hydrogen-bond acceptors (Lipinski definition) is 13. The van der Waals surface area contributed by atoms with Gasteiger partial charge in [-0.15, -0.1) is 0 Å². The Morgan fingerprint density at radius 1 is 0.678 bits per heavy atom. The van der Waals surface area contributed by atoms with E-state index < -0.39 is 80.0 Å². The molecule has 8 unspecified atom stereocenters. The molecule has 336 valence electrons. The number of aliphatic hydroxyl groups is 1. The molecule has 1 aromatic rings. The number of hydrogen-bond donors (Lipinski definition) is 2. The van der Waals surface area contributed by atoms with Crippen LogP contribution in [0.5, 0.6) is 0 Å². The first-order chi connectivity index (χ1) is 28.4. The van der Waals surface area contributed by atoms with Gasteiger partial charge in [-0.25, -0.2) is 0 Å². The van der Waals surface area contributed by atoms with Gasteiger partial charge >= 0.3 is 0 Å². The number of aryl methyl sites for hydroxylation is 1. The highest BCUT2D eigenvalue weighted by Crippen LogP contribution is 2.41. The van der Waals surface area contributed by atoms with Crippen LogP contribution in [0.3, 0.4) is 0 Å². The van der Waals surface area contributed by atoms with E-state index in [4.69, 9.17) is 47.4 Å². The molecule has 0 aromatic heterocycles. The van der Waals surface area contributed by atoms with E-state index in [2.05, 4.69) is 59.5 Å². The van der Waals surface area contributed by atoms with Gasteiger partial charge < -0.3 is 57.8 Å². The summed E-state index contributed by atoms with van der Waals surface area (Å²) in [4.78, 5) is 3.19. The van der Waals surface area contributed by atoms with Gasteiger partial charge in [0, 0.05) is 43.5 Å². The van der Waals surface area contributed by atoms with E-state index in [-0.39, 0.29) is 41.9 Å². The minimum atomic E-state index is -0.894. The zero-order valence-corrected chi connectivity index (χ0v) is 37.3. The monoisotopic (exact) mass is 835 g/mol. The topological polar surface area (TPSA) is 173 Å². The SMILES string of the molecule is CCC1O[C@@H](O[C@H]2C(C)O[C@@H](O[C@@H]3C(CC)O[C@@H](OCCCCCc4ccccc4)C(NC)[C@H]3C)[C@@H](C)C2OC)C(N=[N+]=[N-])[C@@H](C)[C@@H]1O[C@@H]1OC(C)[C@@H](O)C(OC)[C@@H]1C. The number of aliphatic hydroxyl groups excluding tert-OH is 1. The minimum absolute atomic E-state index is 0.0568. The summed E-state index contributed by atoms with van der Waals surface area (Å²) in [7, 11) is 5.18. The Morgan fingerprint density at radius 3 is 1.85 bits per heavy atom. The summed E-state index contributed by atoms with van der Waals surface area (Å²) in [6.07, 6.45) is -1.50. The third-order valence-corrected chi connectivity index (χ3v) is 13.2. The summed E-state index contributed by atoms with van der Waals surface area (Å²) in [5.74, 6) is -0.755. The molecule has 0 saturated carbocycles. The lowest BCUT2D eigenvalue weighted by Crippen LogP contribution is -2.63. The van der Waals surface area contributed by atoms with Crippen LogP contribution in [0, 0.1) is 23.7 Å². The fourth-order valence-corrected chi connectivity index (χ4v) is 9.59. The zero-order valence-electron chi connectivity index (χ0n) is 37.3. The maximum Gasteiger partial charge on any atom is 0.173 e. The molecule has 0 radical (unpaired) electrons. The van der Waals surface area contributed by atoms with Crippen LogP contribution < -0.4 is 5.32 Å². The second-order valence-corrected chi connectivity index (χ2v) is 17.1.